The highest BCUT2D eigenvalue weighted by Gasteiger charge is 2.33. The van der Waals surface area contributed by atoms with Crippen LogP contribution in [0.1, 0.15) is 5.69 Å². The number of hydrogen-bond acceptors (Lipinski definition) is 3. The van der Waals surface area contributed by atoms with E-state index in [4.69, 9.17) is 5.11 Å². The van der Waals surface area contributed by atoms with Crippen LogP contribution in [0.5, 0.6) is 11.5 Å². The quantitative estimate of drug-likeness (QED) is 0.739. The van der Waals surface area contributed by atoms with E-state index in [2.05, 4.69) is 9.72 Å². The monoisotopic (exact) mass is 193 g/mol. The Hall–Kier alpha value is -1.46. The van der Waals surface area contributed by atoms with Gasteiger partial charge >= 0.3 is 6.18 Å². The van der Waals surface area contributed by atoms with Crippen LogP contribution in [0.2, 0.25) is 0 Å². The molecule has 0 unspecified atom stereocenters. The first-order valence-corrected chi connectivity index (χ1v) is 3.25. The lowest BCUT2D eigenvalue weighted by molar-refractivity contribution is -0.141. The van der Waals surface area contributed by atoms with Crippen LogP contribution in [0, 0.1) is 0 Å². The van der Waals surface area contributed by atoms with E-state index in [1.807, 2.05) is 0 Å². The van der Waals surface area contributed by atoms with Gasteiger partial charge in [-0.25, -0.2) is 4.98 Å². The van der Waals surface area contributed by atoms with Crippen molar-refractivity contribution in [1.29, 1.82) is 0 Å². The average molecular weight is 193 g/mol. The van der Waals surface area contributed by atoms with Crippen molar-refractivity contribution in [2.75, 3.05) is 7.11 Å². The standard InChI is InChI=1S/C7H6F3NO2/c1-13-5-2-6(7(8,9)10)11-3-4(5)12/h2-3,12H,1H3. The number of pyridine rings is 1. The Bertz CT molecular complexity index is 311. The minimum absolute atomic E-state index is 0.248. The van der Waals surface area contributed by atoms with Crippen LogP contribution in [0.3, 0.4) is 0 Å². The first kappa shape index (κ1) is 9.63. The number of rotatable bonds is 1. The lowest BCUT2D eigenvalue weighted by Crippen LogP contribution is -2.07. The Morgan fingerprint density at radius 1 is 1.46 bits per heavy atom. The minimum atomic E-state index is -4.53. The first-order valence-electron chi connectivity index (χ1n) is 3.25. The van der Waals surface area contributed by atoms with Crippen LogP contribution in [-0.2, 0) is 6.18 Å². The number of ether oxygens (including phenoxy) is 1. The summed E-state index contributed by atoms with van der Waals surface area (Å²) in [5, 5.41) is 8.95. The number of aromatic nitrogens is 1. The normalized spacial score (nSPS) is 11.4. The van der Waals surface area contributed by atoms with Crippen molar-refractivity contribution in [1.82, 2.24) is 4.98 Å². The van der Waals surface area contributed by atoms with E-state index in [-0.39, 0.29) is 5.75 Å². The molecule has 0 spiro atoms. The van der Waals surface area contributed by atoms with Crippen molar-refractivity contribution in [3.63, 3.8) is 0 Å². The van der Waals surface area contributed by atoms with Gasteiger partial charge in [-0.3, -0.25) is 0 Å². The molecule has 1 aromatic rings. The summed E-state index contributed by atoms with van der Waals surface area (Å²) in [5.74, 6) is -0.669. The molecule has 0 fully saturated rings. The summed E-state index contributed by atoms with van der Waals surface area (Å²) in [4.78, 5) is 3.00. The number of aromatic hydroxyl groups is 1. The summed E-state index contributed by atoms with van der Waals surface area (Å²) in [6.45, 7) is 0. The van der Waals surface area contributed by atoms with Gasteiger partial charge in [0, 0.05) is 6.07 Å². The molecule has 3 nitrogen and oxygen atoms in total. The molecule has 1 N–H and O–H groups in total. The molecule has 13 heavy (non-hydrogen) atoms. The third-order valence-electron chi connectivity index (χ3n) is 1.36. The van der Waals surface area contributed by atoms with E-state index >= 15 is 0 Å². The summed E-state index contributed by atoms with van der Waals surface area (Å²) in [5.41, 5.74) is -1.10. The summed E-state index contributed by atoms with van der Waals surface area (Å²) in [6.07, 6.45) is -3.83. The molecule has 0 aliphatic heterocycles. The van der Waals surface area contributed by atoms with Gasteiger partial charge in [0.05, 0.1) is 13.3 Å². The Morgan fingerprint density at radius 3 is 2.54 bits per heavy atom. The highest BCUT2D eigenvalue weighted by Crippen LogP contribution is 2.33. The number of nitrogens with zero attached hydrogens (tertiary/aromatic N) is 1. The summed E-state index contributed by atoms with van der Waals surface area (Å²) >= 11 is 0. The van der Waals surface area contributed by atoms with Crippen molar-refractivity contribution >= 4 is 0 Å². The molecule has 0 aliphatic rings. The van der Waals surface area contributed by atoms with Crippen LogP contribution >= 0.6 is 0 Å². The van der Waals surface area contributed by atoms with E-state index < -0.39 is 17.6 Å². The maximum Gasteiger partial charge on any atom is 0.433 e. The number of methoxy groups -OCH3 is 1. The highest BCUT2D eigenvalue weighted by molar-refractivity contribution is 5.38. The molecular weight excluding hydrogens is 187 g/mol. The van der Waals surface area contributed by atoms with Crippen molar-refractivity contribution in [2.24, 2.45) is 0 Å². The summed E-state index contributed by atoms with van der Waals surface area (Å²) in [7, 11) is 1.16. The van der Waals surface area contributed by atoms with Crippen molar-refractivity contribution < 1.29 is 23.0 Å². The summed E-state index contributed by atoms with van der Waals surface area (Å²) < 4.78 is 40.6. The predicted molar refractivity (Wildman–Crippen MR) is 37.5 cm³/mol. The van der Waals surface area contributed by atoms with Gasteiger partial charge in [0.2, 0.25) is 0 Å². The van der Waals surface area contributed by atoms with Gasteiger partial charge < -0.3 is 9.84 Å². The van der Waals surface area contributed by atoms with Crippen molar-refractivity contribution in [2.45, 2.75) is 6.18 Å². The Kier molecular flexibility index (Phi) is 2.31. The molecule has 0 saturated heterocycles. The second-order valence-corrected chi connectivity index (χ2v) is 2.24. The van der Waals surface area contributed by atoms with Crippen molar-refractivity contribution in [3.8, 4) is 11.5 Å². The molecule has 6 heteroatoms. The van der Waals surface area contributed by atoms with Crippen LogP contribution in [0.25, 0.3) is 0 Å². The van der Waals surface area contributed by atoms with Gasteiger partial charge in [-0.1, -0.05) is 0 Å². The van der Waals surface area contributed by atoms with E-state index in [9.17, 15) is 13.2 Å². The van der Waals surface area contributed by atoms with E-state index in [0.29, 0.717) is 12.3 Å². The van der Waals surface area contributed by atoms with Crippen LogP contribution in [-0.4, -0.2) is 17.2 Å². The smallest absolute Gasteiger partial charge is 0.433 e. The topological polar surface area (TPSA) is 42.4 Å². The van der Waals surface area contributed by atoms with E-state index in [0.717, 1.165) is 7.11 Å². The predicted octanol–water partition coefficient (Wildman–Crippen LogP) is 1.81. The van der Waals surface area contributed by atoms with Gasteiger partial charge in [-0.15, -0.1) is 0 Å². The lowest BCUT2D eigenvalue weighted by Gasteiger charge is -2.07. The Morgan fingerprint density at radius 2 is 2.08 bits per heavy atom. The van der Waals surface area contributed by atoms with E-state index in [1.165, 1.54) is 0 Å². The zero-order valence-corrected chi connectivity index (χ0v) is 6.59. The van der Waals surface area contributed by atoms with Crippen LogP contribution in [0.4, 0.5) is 13.2 Å². The fraction of sp³-hybridized carbons (Fsp3) is 0.286. The zero-order chi connectivity index (χ0) is 10.1. The van der Waals surface area contributed by atoms with Crippen LogP contribution < -0.4 is 4.74 Å². The molecule has 0 aliphatic carbocycles. The average Bonchev–Trinajstić information content (AvgIpc) is 2.03. The fourth-order valence-corrected chi connectivity index (χ4v) is 0.748. The first-order chi connectivity index (χ1) is 5.95. The Labute approximate surface area is 71.8 Å². The third-order valence-corrected chi connectivity index (χ3v) is 1.36. The van der Waals surface area contributed by atoms with Gasteiger partial charge in [-0.05, 0) is 0 Å². The molecule has 72 valence electrons. The Balaban J connectivity index is 3.14. The lowest BCUT2D eigenvalue weighted by atomic mass is 10.3. The molecule has 1 heterocycles. The number of alkyl halides is 3. The van der Waals surface area contributed by atoms with Crippen molar-refractivity contribution in [3.05, 3.63) is 18.0 Å². The van der Waals surface area contributed by atoms with Gasteiger partial charge in [-0.2, -0.15) is 13.2 Å². The molecule has 0 bridgehead atoms. The maximum absolute atomic E-state index is 12.0. The summed E-state index contributed by atoms with van der Waals surface area (Å²) in [6, 6.07) is 0.634. The molecule has 0 amide bonds. The number of halogens is 3. The minimum Gasteiger partial charge on any atom is -0.503 e. The molecule has 0 aromatic carbocycles. The fourth-order valence-electron chi connectivity index (χ4n) is 0.748. The molecule has 0 saturated carbocycles. The van der Waals surface area contributed by atoms with Gasteiger partial charge in [0.15, 0.2) is 11.5 Å². The number of hydrogen-bond donors (Lipinski definition) is 1. The zero-order valence-electron chi connectivity index (χ0n) is 6.59. The van der Waals surface area contributed by atoms with Gasteiger partial charge in [0.25, 0.3) is 0 Å². The van der Waals surface area contributed by atoms with Gasteiger partial charge in [0.1, 0.15) is 5.69 Å². The molecular formula is C7H6F3NO2. The van der Waals surface area contributed by atoms with Crippen LogP contribution in [0.15, 0.2) is 12.3 Å². The van der Waals surface area contributed by atoms with E-state index in [1.54, 1.807) is 0 Å². The SMILES string of the molecule is COc1cc(C(F)(F)F)ncc1O. The maximum atomic E-state index is 12.0. The molecule has 1 aromatic heterocycles. The second-order valence-electron chi connectivity index (χ2n) is 2.24. The second kappa shape index (κ2) is 3.12. The molecule has 0 radical (unpaired) electrons. The third kappa shape index (κ3) is 2.01. The molecule has 1 rings (SSSR count). The largest absolute Gasteiger partial charge is 0.503 e. The highest BCUT2D eigenvalue weighted by atomic mass is 19.4. The molecule has 0 atom stereocenters.